The molecule has 0 spiro atoms. The first-order valence-corrected chi connectivity index (χ1v) is 5.71. The van der Waals surface area contributed by atoms with Gasteiger partial charge in [-0.05, 0) is 37.5 Å². The van der Waals surface area contributed by atoms with E-state index in [2.05, 4.69) is 5.32 Å². The maximum absolute atomic E-state index is 13.4. The van der Waals surface area contributed by atoms with E-state index in [1.165, 1.54) is 0 Å². The van der Waals surface area contributed by atoms with Crippen LogP contribution < -0.4 is 5.32 Å². The van der Waals surface area contributed by atoms with Crippen molar-refractivity contribution in [2.24, 2.45) is 0 Å². The van der Waals surface area contributed by atoms with E-state index in [9.17, 15) is 4.39 Å². The van der Waals surface area contributed by atoms with Gasteiger partial charge in [-0.2, -0.15) is 0 Å². The molecule has 0 radical (unpaired) electrons. The predicted octanol–water partition coefficient (Wildman–Crippen LogP) is 2.56. The van der Waals surface area contributed by atoms with Crippen molar-refractivity contribution in [3.05, 3.63) is 35.1 Å². The maximum atomic E-state index is 13.4. The van der Waals surface area contributed by atoms with Crippen molar-refractivity contribution in [1.29, 1.82) is 0 Å². The summed E-state index contributed by atoms with van der Waals surface area (Å²) in [5.74, 6) is -0.178. The van der Waals surface area contributed by atoms with Crippen molar-refractivity contribution < 1.29 is 9.50 Å². The molecule has 0 aromatic heterocycles. The highest BCUT2D eigenvalue weighted by atomic mass is 19.1. The zero-order valence-electron chi connectivity index (χ0n) is 10.1. The largest absolute Gasteiger partial charge is 0.395 e. The number of aliphatic hydroxyl groups excluding tert-OH is 1. The van der Waals surface area contributed by atoms with Gasteiger partial charge >= 0.3 is 0 Å². The minimum absolute atomic E-state index is 0.0483. The molecule has 0 saturated carbocycles. The van der Waals surface area contributed by atoms with Gasteiger partial charge in [-0.1, -0.05) is 19.1 Å². The van der Waals surface area contributed by atoms with Crippen LogP contribution in [0.4, 0.5) is 4.39 Å². The third-order valence-corrected chi connectivity index (χ3v) is 2.89. The second-order valence-electron chi connectivity index (χ2n) is 4.18. The Bertz CT molecular complexity index is 337. The van der Waals surface area contributed by atoms with Crippen LogP contribution in [0, 0.1) is 12.7 Å². The van der Waals surface area contributed by atoms with Crippen LogP contribution in [0.5, 0.6) is 0 Å². The van der Waals surface area contributed by atoms with Gasteiger partial charge in [0.1, 0.15) is 5.82 Å². The predicted molar refractivity (Wildman–Crippen MR) is 63.9 cm³/mol. The van der Waals surface area contributed by atoms with Gasteiger partial charge < -0.3 is 10.4 Å². The smallest absolute Gasteiger partial charge is 0.126 e. The highest BCUT2D eigenvalue weighted by Gasteiger charge is 2.11. The van der Waals surface area contributed by atoms with Crippen LogP contribution in [0.1, 0.15) is 37.4 Å². The number of benzene rings is 1. The van der Waals surface area contributed by atoms with Crippen LogP contribution in [-0.4, -0.2) is 17.8 Å². The Morgan fingerprint density at radius 2 is 2.12 bits per heavy atom. The molecular weight excluding hydrogens is 205 g/mol. The first-order valence-electron chi connectivity index (χ1n) is 5.71. The van der Waals surface area contributed by atoms with Crippen molar-refractivity contribution in [2.45, 2.75) is 39.3 Å². The lowest BCUT2D eigenvalue weighted by atomic mass is 10.0. The molecule has 0 heterocycles. The first-order chi connectivity index (χ1) is 7.58. The Hall–Kier alpha value is -0.930. The molecule has 1 aromatic rings. The van der Waals surface area contributed by atoms with Crippen molar-refractivity contribution >= 4 is 0 Å². The van der Waals surface area contributed by atoms with Crippen molar-refractivity contribution in [3.63, 3.8) is 0 Å². The lowest BCUT2D eigenvalue weighted by Gasteiger charge is -2.21. The van der Waals surface area contributed by atoms with E-state index in [0.717, 1.165) is 12.0 Å². The quantitative estimate of drug-likeness (QED) is 0.807. The van der Waals surface area contributed by atoms with Crippen LogP contribution in [0.2, 0.25) is 0 Å². The van der Waals surface area contributed by atoms with E-state index in [1.54, 1.807) is 19.1 Å². The molecule has 16 heavy (non-hydrogen) atoms. The Morgan fingerprint density at radius 1 is 1.44 bits per heavy atom. The van der Waals surface area contributed by atoms with E-state index in [1.807, 2.05) is 19.9 Å². The fourth-order valence-corrected chi connectivity index (χ4v) is 1.63. The molecule has 0 saturated heterocycles. The molecule has 1 aromatic carbocycles. The van der Waals surface area contributed by atoms with Gasteiger partial charge in [0.05, 0.1) is 6.61 Å². The van der Waals surface area contributed by atoms with Crippen molar-refractivity contribution in [3.8, 4) is 0 Å². The molecule has 1 rings (SSSR count). The number of hydrogen-bond donors (Lipinski definition) is 2. The average molecular weight is 225 g/mol. The summed E-state index contributed by atoms with van der Waals surface area (Å²) in [7, 11) is 0. The SMILES string of the molecule is CC[C@H](CO)NC(C)c1ccc(C)c(F)c1. The molecule has 0 fully saturated rings. The average Bonchev–Trinajstić information content (AvgIpc) is 2.29. The first kappa shape index (κ1) is 13.1. The number of hydrogen-bond acceptors (Lipinski definition) is 2. The topological polar surface area (TPSA) is 32.3 Å². The van der Waals surface area contributed by atoms with E-state index in [-0.39, 0.29) is 24.5 Å². The van der Waals surface area contributed by atoms with Gasteiger partial charge in [0.2, 0.25) is 0 Å². The monoisotopic (exact) mass is 225 g/mol. The Balaban J connectivity index is 2.72. The summed E-state index contributed by atoms with van der Waals surface area (Å²) >= 11 is 0. The van der Waals surface area contributed by atoms with Crippen molar-refractivity contribution in [1.82, 2.24) is 5.32 Å². The number of halogens is 1. The molecule has 0 aliphatic carbocycles. The van der Waals surface area contributed by atoms with E-state index in [0.29, 0.717) is 5.56 Å². The number of nitrogens with one attached hydrogen (secondary N) is 1. The lowest BCUT2D eigenvalue weighted by molar-refractivity contribution is 0.230. The van der Waals surface area contributed by atoms with Crippen LogP contribution in [0.25, 0.3) is 0 Å². The van der Waals surface area contributed by atoms with Gasteiger partial charge in [0.25, 0.3) is 0 Å². The summed E-state index contributed by atoms with van der Waals surface area (Å²) in [5.41, 5.74) is 1.57. The molecule has 3 heteroatoms. The third-order valence-electron chi connectivity index (χ3n) is 2.89. The molecule has 90 valence electrons. The van der Waals surface area contributed by atoms with Gasteiger partial charge in [-0.25, -0.2) is 4.39 Å². The summed E-state index contributed by atoms with van der Waals surface area (Å²) in [6.45, 7) is 5.84. The highest BCUT2D eigenvalue weighted by molar-refractivity contribution is 5.25. The zero-order chi connectivity index (χ0) is 12.1. The van der Waals surface area contributed by atoms with Crippen LogP contribution >= 0.6 is 0 Å². The third kappa shape index (κ3) is 3.29. The van der Waals surface area contributed by atoms with Gasteiger partial charge in [0.15, 0.2) is 0 Å². The molecule has 0 bridgehead atoms. The van der Waals surface area contributed by atoms with Crippen molar-refractivity contribution in [2.75, 3.05) is 6.61 Å². The summed E-state index contributed by atoms with van der Waals surface area (Å²) in [6.07, 6.45) is 0.856. The van der Waals surface area contributed by atoms with Gasteiger partial charge in [-0.15, -0.1) is 0 Å². The van der Waals surface area contributed by atoms with E-state index < -0.39 is 0 Å². The number of rotatable bonds is 5. The lowest BCUT2D eigenvalue weighted by Crippen LogP contribution is -2.33. The molecule has 2 nitrogen and oxygen atoms in total. The molecule has 0 aliphatic rings. The Kier molecular flexibility index (Phi) is 4.90. The standard InChI is InChI=1S/C13H20FNO/c1-4-12(8-16)15-10(3)11-6-5-9(2)13(14)7-11/h5-7,10,12,15-16H,4,8H2,1-3H3/t10?,12-/m1/s1. The summed E-state index contributed by atoms with van der Waals surface area (Å²) < 4.78 is 13.4. The fraction of sp³-hybridized carbons (Fsp3) is 0.538. The van der Waals surface area contributed by atoms with Crippen LogP contribution in [-0.2, 0) is 0 Å². The van der Waals surface area contributed by atoms with Crippen LogP contribution in [0.15, 0.2) is 18.2 Å². The molecule has 0 amide bonds. The minimum atomic E-state index is -0.178. The maximum Gasteiger partial charge on any atom is 0.126 e. The van der Waals surface area contributed by atoms with Crippen LogP contribution in [0.3, 0.4) is 0 Å². The van der Waals surface area contributed by atoms with Gasteiger partial charge in [-0.3, -0.25) is 0 Å². The Morgan fingerprint density at radius 3 is 2.62 bits per heavy atom. The Labute approximate surface area is 96.5 Å². The minimum Gasteiger partial charge on any atom is -0.395 e. The van der Waals surface area contributed by atoms with E-state index >= 15 is 0 Å². The highest BCUT2D eigenvalue weighted by Crippen LogP contribution is 2.17. The summed E-state index contributed by atoms with van der Waals surface area (Å²) in [5, 5.41) is 12.3. The molecule has 0 aliphatic heterocycles. The summed E-state index contributed by atoms with van der Waals surface area (Å²) in [6, 6.07) is 5.37. The molecule has 1 unspecified atom stereocenters. The molecule has 2 N–H and O–H groups in total. The van der Waals surface area contributed by atoms with Gasteiger partial charge in [0, 0.05) is 12.1 Å². The molecule has 2 atom stereocenters. The number of aliphatic hydroxyl groups is 1. The summed E-state index contributed by atoms with van der Waals surface area (Å²) in [4.78, 5) is 0. The second kappa shape index (κ2) is 5.97. The second-order valence-corrected chi connectivity index (χ2v) is 4.18. The number of aryl methyl sites for hydroxylation is 1. The normalized spacial score (nSPS) is 14.8. The zero-order valence-corrected chi connectivity index (χ0v) is 10.1. The molecular formula is C13H20FNO. The van der Waals surface area contributed by atoms with E-state index in [4.69, 9.17) is 5.11 Å². The fourth-order valence-electron chi connectivity index (χ4n) is 1.63.